The minimum atomic E-state index is -0.604. The molecular weight excluding hydrogens is 478 g/mol. The second-order valence-electron chi connectivity index (χ2n) is 10.8. The SMILES string of the molecule is CCC[C@H](C(N)=O)[C@@H](CC(C)C)C(=O)NC1CCCCN(Cc2cccc(-c3ccccc3OC)c2)C1=O. The first-order valence-corrected chi connectivity index (χ1v) is 13.9. The van der Waals surface area contributed by atoms with E-state index in [1.54, 1.807) is 7.11 Å². The first-order valence-electron chi connectivity index (χ1n) is 13.9. The van der Waals surface area contributed by atoms with Crippen LogP contribution in [-0.4, -0.2) is 42.3 Å². The molecule has 0 radical (unpaired) electrons. The molecule has 38 heavy (non-hydrogen) atoms. The van der Waals surface area contributed by atoms with Gasteiger partial charge in [0.1, 0.15) is 11.8 Å². The Kier molecular flexibility index (Phi) is 10.7. The Hall–Kier alpha value is -3.35. The average molecular weight is 522 g/mol. The summed E-state index contributed by atoms with van der Waals surface area (Å²) in [6.45, 7) is 7.14. The lowest BCUT2D eigenvalue weighted by atomic mass is 9.81. The largest absolute Gasteiger partial charge is 0.496 e. The second-order valence-corrected chi connectivity index (χ2v) is 10.8. The first-order chi connectivity index (χ1) is 18.2. The maximum Gasteiger partial charge on any atom is 0.245 e. The molecule has 1 aliphatic heterocycles. The normalized spacial score (nSPS) is 17.6. The molecule has 0 aromatic heterocycles. The van der Waals surface area contributed by atoms with Gasteiger partial charge in [-0.25, -0.2) is 0 Å². The van der Waals surface area contributed by atoms with Crippen molar-refractivity contribution in [2.45, 2.75) is 71.9 Å². The molecule has 0 saturated carbocycles. The van der Waals surface area contributed by atoms with E-state index in [1.165, 1.54) is 0 Å². The topological polar surface area (TPSA) is 102 Å². The van der Waals surface area contributed by atoms with Crippen LogP contribution < -0.4 is 15.8 Å². The molecule has 1 heterocycles. The number of hydrogen-bond acceptors (Lipinski definition) is 4. The molecule has 1 saturated heterocycles. The fraction of sp³-hybridized carbons (Fsp3) is 0.516. The molecule has 2 aromatic rings. The smallest absolute Gasteiger partial charge is 0.245 e. The summed E-state index contributed by atoms with van der Waals surface area (Å²) in [7, 11) is 1.66. The fourth-order valence-electron chi connectivity index (χ4n) is 5.43. The molecule has 1 fully saturated rings. The van der Waals surface area contributed by atoms with Crippen LogP contribution in [0.2, 0.25) is 0 Å². The highest BCUT2D eigenvalue weighted by Crippen LogP contribution is 2.31. The molecule has 1 aliphatic rings. The lowest BCUT2D eigenvalue weighted by molar-refractivity contribution is -0.139. The summed E-state index contributed by atoms with van der Waals surface area (Å²) in [5, 5.41) is 3.02. The Balaban J connectivity index is 1.77. The highest BCUT2D eigenvalue weighted by atomic mass is 16.5. The van der Waals surface area contributed by atoms with Crippen LogP contribution in [0, 0.1) is 17.8 Å². The molecule has 206 valence electrons. The van der Waals surface area contributed by atoms with Gasteiger partial charge in [-0.2, -0.15) is 0 Å². The van der Waals surface area contributed by atoms with Crippen molar-refractivity contribution < 1.29 is 19.1 Å². The number of nitrogens with zero attached hydrogens (tertiary/aromatic N) is 1. The van der Waals surface area contributed by atoms with E-state index in [9.17, 15) is 14.4 Å². The van der Waals surface area contributed by atoms with Crippen LogP contribution >= 0.6 is 0 Å². The van der Waals surface area contributed by atoms with Crippen LogP contribution in [0.15, 0.2) is 48.5 Å². The van der Waals surface area contributed by atoms with Gasteiger partial charge in [0.05, 0.1) is 7.11 Å². The number of carbonyl (C=O) groups excluding carboxylic acids is 3. The molecule has 1 unspecified atom stereocenters. The molecule has 3 N–H and O–H groups in total. The van der Waals surface area contributed by atoms with E-state index in [0.29, 0.717) is 32.4 Å². The molecule has 2 aromatic carbocycles. The van der Waals surface area contributed by atoms with E-state index in [0.717, 1.165) is 41.7 Å². The number of rotatable bonds is 12. The van der Waals surface area contributed by atoms with E-state index >= 15 is 0 Å². The van der Waals surface area contributed by atoms with E-state index in [4.69, 9.17) is 10.5 Å². The van der Waals surface area contributed by atoms with Crippen LogP contribution in [0.5, 0.6) is 5.75 Å². The highest BCUT2D eigenvalue weighted by Gasteiger charge is 2.35. The number of methoxy groups -OCH3 is 1. The number of benzene rings is 2. The number of amides is 3. The Bertz CT molecular complexity index is 1100. The molecule has 0 spiro atoms. The lowest BCUT2D eigenvalue weighted by Crippen LogP contribution is -2.50. The van der Waals surface area contributed by atoms with Crippen LogP contribution in [0.25, 0.3) is 11.1 Å². The fourth-order valence-corrected chi connectivity index (χ4v) is 5.43. The van der Waals surface area contributed by atoms with Gasteiger partial charge >= 0.3 is 0 Å². The van der Waals surface area contributed by atoms with Gasteiger partial charge in [-0.05, 0) is 61.3 Å². The minimum absolute atomic E-state index is 0.0760. The summed E-state index contributed by atoms with van der Waals surface area (Å²) in [5.41, 5.74) is 8.74. The number of nitrogens with two attached hydrogens (primary N) is 1. The van der Waals surface area contributed by atoms with Crippen molar-refractivity contribution in [2.24, 2.45) is 23.5 Å². The summed E-state index contributed by atoms with van der Waals surface area (Å²) in [6.07, 6.45) is 4.19. The Morgan fingerprint density at radius 3 is 2.55 bits per heavy atom. The number of ether oxygens (including phenoxy) is 1. The summed E-state index contributed by atoms with van der Waals surface area (Å²) < 4.78 is 5.53. The Labute approximate surface area is 227 Å². The van der Waals surface area contributed by atoms with Gasteiger partial charge in [-0.1, -0.05) is 63.6 Å². The third-order valence-electron chi connectivity index (χ3n) is 7.33. The molecule has 3 rings (SSSR count). The summed E-state index contributed by atoms with van der Waals surface area (Å²) in [6, 6.07) is 15.4. The maximum atomic E-state index is 13.6. The summed E-state index contributed by atoms with van der Waals surface area (Å²) in [4.78, 5) is 41.1. The van der Waals surface area contributed by atoms with Crippen molar-refractivity contribution in [2.75, 3.05) is 13.7 Å². The van der Waals surface area contributed by atoms with Crippen molar-refractivity contribution in [1.29, 1.82) is 0 Å². The van der Waals surface area contributed by atoms with Gasteiger partial charge in [0.25, 0.3) is 0 Å². The van der Waals surface area contributed by atoms with Crippen LogP contribution in [0.4, 0.5) is 0 Å². The van der Waals surface area contributed by atoms with Gasteiger partial charge in [0.15, 0.2) is 0 Å². The van der Waals surface area contributed by atoms with Crippen LogP contribution in [-0.2, 0) is 20.9 Å². The summed E-state index contributed by atoms with van der Waals surface area (Å²) in [5.74, 6) is -0.807. The number of hydrogen-bond donors (Lipinski definition) is 2. The first kappa shape index (κ1) is 29.2. The van der Waals surface area contributed by atoms with Crippen molar-refractivity contribution in [1.82, 2.24) is 10.2 Å². The third kappa shape index (κ3) is 7.59. The second kappa shape index (κ2) is 14.0. The molecule has 7 heteroatoms. The van der Waals surface area contributed by atoms with Gasteiger partial charge in [0.2, 0.25) is 17.7 Å². The maximum absolute atomic E-state index is 13.6. The van der Waals surface area contributed by atoms with E-state index < -0.39 is 23.8 Å². The molecule has 0 aliphatic carbocycles. The predicted molar refractivity (Wildman–Crippen MR) is 150 cm³/mol. The predicted octanol–water partition coefficient (Wildman–Crippen LogP) is 4.92. The monoisotopic (exact) mass is 521 g/mol. The van der Waals surface area contributed by atoms with Gasteiger partial charge in [-0.15, -0.1) is 0 Å². The van der Waals surface area contributed by atoms with Gasteiger partial charge in [-0.3, -0.25) is 14.4 Å². The standard InChI is InChI=1S/C31H43N3O4/c1-5-11-25(29(32)35)26(18-21(2)3)30(36)33-27-15-8-9-17-34(31(27)37)20-22-12-10-13-23(19-22)24-14-6-7-16-28(24)38-4/h6-7,10,12-14,16,19,21,25-27H,5,8-9,11,15,17-18,20H2,1-4H3,(H2,32,35)(H,33,36)/t25-,26+,27?/m0/s1. The average Bonchev–Trinajstić information content (AvgIpc) is 3.06. The zero-order valence-electron chi connectivity index (χ0n) is 23.2. The molecule has 7 nitrogen and oxygen atoms in total. The molecular formula is C31H43N3O4. The van der Waals surface area contributed by atoms with Crippen molar-refractivity contribution in [3.63, 3.8) is 0 Å². The van der Waals surface area contributed by atoms with Crippen molar-refractivity contribution in [3.8, 4) is 16.9 Å². The zero-order valence-corrected chi connectivity index (χ0v) is 23.2. The molecule has 0 bridgehead atoms. The Morgan fingerprint density at radius 1 is 1.11 bits per heavy atom. The van der Waals surface area contributed by atoms with Crippen molar-refractivity contribution >= 4 is 17.7 Å². The quantitative estimate of drug-likeness (QED) is 0.414. The lowest BCUT2D eigenvalue weighted by Gasteiger charge is -2.29. The number of likely N-dealkylation sites (tertiary alicyclic amines) is 1. The highest BCUT2D eigenvalue weighted by molar-refractivity contribution is 5.91. The minimum Gasteiger partial charge on any atom is -0.496 e. The van der Waals surface area contributed by atoms with Crippen LogP contribution in [0.1, 0.15) is 64.9 Å². The molecule has 3 amide bonds. The summed E-state index contributed by atoms with van der Waals surface area (Å²) >= 11 is 0. The van der Waals surface area contributed by atoms with E-state index in [2.05, 4.69) is 11.4 Å². The van der Waals surface area contributed by atoms with Crippen LogP contribution in [0.3, 0.4) is 0 Å². The number of nitrogens with one attached hydrogen (secondary N) is 1. The van der Waals surface area contributed by atoms with E-state index in [-0.39, 0.29) is 17.7 Å². The van der Waals surface area contributed by atoms with Crippen molar-refractivity contribution in [3.05, 3.63) is 54.1 Å². The zero-order chi connectivity index (χ0) is 27.7. The number of para-hydroxylation sites is 1. The Morgan fingerprint density at radius 2 is 1.87 bits per heavy atom. The molecule has 3 atom stereocenters. The van der Waals surface area contributed by atoms with Gasteiger partial charge < -0.3 is 20.7 Å². The third-order valence-corrected chi connectivity index (χ3v) is 7.33. The van der Waals surface area contributed by atoms with Gasteiger partial charge in [0, 0.05) is 30.5 Å². The number of primary amides is 1. The number of carbonyl (C=O) groups is 3. The van der Waals surface area contributed by atoms with E-state index in [1.807, 2.05) is 68.1 Å².